The van der Waals surface area contributed by atoms with Crippen molar-refractivity contribution in [3.63, 3.8) is 0 Å². The zero-order chi connectivity index (χ0) is 19.8. The number of carbonyl (C=O) groups is 3. The Morgan fingerprint density at radius 3 is 2.71 bits per heavy atom. The number of hydrogen-bond donors (Lipinski definition) is 3. The van der Waals surface area contributed by atoms with Gasteiger partial charge in [0.1, 0.15) is 22.7 Å². The van der Waals surface area contributed by atoms with Crippen LogP contribution in [0.25, 0.3) is 0 Å². The fourth-order valence-corrected chi connectivity index (χ4v) is 4.72. The molecule has 2 aliphatic rings. The molecule has 1 aromatic carbocycles. The molecule has 2 aliphatic heterocycles. The van der Waals surface area contributed by atoms with Gasteiger partial charge in [0.25, 0.3) is 5.91 Å². The molecule has 1 aromatic heterocycles. The van der Waals surface area contributed by atoms with E-state index in [1.54, 1.807) is 40.6 Å². The van der Waals surface area contributed by atoms with Gasteiger partial charge in [-0.3, -0.25) is 14.4 Å². The molecular weight excluding hydrogens is 402 g/mol. The zero-order valence-corrected chi connectivity index (χ0v) is 16.3. The van der Waals surface area contributed by atoms with Gasteiger partial charge in [0.2, 0.25) is 11.8 Å². The first-order valence-corrected chi connectivity index (χ1v) is 10.1. The normalized spacial score (nSPS) is 24.0. The van der Waals surface area contributed by atoms with Crippen LogP contribution in [-0.2, 0) is 16.0 Å². The maximum Gasteiger partial charge on any atom is 0.263 e. The number of carbonyl (C=O) groups excluding carboxylic acids is 3. The number of fused-ring (bicyclic) bond motifs is 1. The lowest BCUT2D eigenvalue weighted by Gasteiger charge is -2.34. The average Bonchev–Trinajstić information content (AvgIpc) is 3.28. The number of piperazine rings is 1. The van der Waals surface area contributed by atoms with Gasteiger partial charge in [-0.15, -0.1) is 11.3 Å². The van der Waals surface area contributed by atoms with E-state index in [1.165, 1.54) is 11.3 Å². The number of thiophene rings is 1. The number of amides is 3. The number of phenolic OH excluding ortho intramolecular Hbond substituents is 1. The summed E-state index contributed by atoms with van der Waals surface area (Å²) >= 11 is 7.25. The van der Waals surface area contributed by atoms with Crippen LogP contribution < -0.4 is 10.6 Å². The van der Waals surface area contributed by atoms with Gasteiger partial charge in [-0.05, 0) is 35.6 Å². The summed E-state index contributed by atoms with van der Waals surface area (Å²) in [6.07, 6.45) is 0.716. The van der Waals surface area contributed by atoms with Crippen LogP contribution in [0.15, 0.2) is 35.7 Å². The summed E-state index contributed by atoms with van der Waals surface area (Å²) < 4.78 is 0. The average molecular weight is 420 g/mol. The Balaban J connectivity index is 1.43. The van der Waals surface area contributed by atoms with Gasteiger partial charge in [-0.1, -0.05) is 23.7 Å². The lowest BCUT2D eigenvalue weighted by Crippen LogP contribution is -2.61. The Hall–Kier alpha value is -2.58. The molecule has 3 atom stereocenters. The number of rotatable bonds is 4. The summed E-state index contributed by atoms with van der Waals surface area (Å²) in [6.45, 7) is 0.289. The van der Waals surface area contributed by atoms with E-state index in [2.05, 4.69) is 10.6 Å². The second-order valence-corrected chi connectivity index (χ2v) is 8.27. The zero-order valence-electron chi connectivity index (χ0n) is 14.7. The van der Waals surface area contributed by atoms with Crippen molar-refractivity contribution in [3.8, 4) is 5.75 Å². The maximum atomic E-state index is 12.9. The Kier molecular flexibility index (Phi) is 4.99. The Labute approximate surface area is 170 Å². The minimum absolute atomic E-state index is 0.145. The summed E-state index contributed by atoms with van der Waals surface area (Å²) in [5.41, 5.74) is 0.839. The fourth-order valence-electron chi connectivity index (χ4n) is 3.68. The number of halogens is 1. The largest absolute Gasteiger partial charge is 0.508 e. The minimum atomic E-state index is -0.658. The number of nitrogens with zero attached hydrogens (tertiary/aromatic N) is 1. The molecule has 7 nitrogen and oxygen atoms in total. The van der Waals surface area contributed by atoms with Crippen LogP contribution in [0.4, 0.5) is 0 Å². The van der Waals surface area contributed by atoms with Crippen LogP contribution in [0.2, 0.25) is 5.02 Å². The van der Waals surface area contributed by atoms with Crippen molar-refractivity contribution in [1.29, 1.82) is 0 Å². The van der Waals surface area contributed by atoms with Crippen LogP contribution in [-0.4, -0.2) is 52.4 Å². The molecule has 0 aliphatic carbocycles. The summed E-state index contributed by atoms with van der Waals surface area (Å²) in [5.74, 6) is -0.525. The Morgan fingerprint density at radius 2 is 2.04 bits per heavy atom. The third kappa shape index (κ3) is 3.57. The lowest BCUT2D eigenvalue weighted by atomic mass is 10.0. The van der Waals surface area contributed by atoms with Crippen LogP contribution in [0, 0.1) is 0 Å². The highest BCUT2D eigenvalue weighted by Gasteiger charge is 2.46. The molecule has 0 radical (unpaired) electrons. The van der Waals surface area contributed by atoms with Crippen LogP contribution >= 0.6 is 22.9 Å². The highest BCUT2D eigenvalue weighted by Crippen LogP contribution is 2.26. The SMILES string of the molecule is O=C(N[C@H]1C[C@H]2C(=O)N[C@@H](Cc3ccc(O)cc3)C(=O)N2C1)c1sccc1Cl. The van der Waals surface area contributed by atoms with E-state index in [1.807, 2.05) is 0 Å². The van der Waals surface area contributed by atoms with E-state index >= 15 is 0 Å². The van der Waals surface area contributed by atoms with Gasteiger partial charge in [0.05, 0.1) is 5.02 Å². The first-order chi connectivity index (χ1) is 13.4. The van der Waals surface area contributed by atoms with E-state index in [0.29, 0.717) is 22.7 Å². The summed E-state index contributed by atoms with van der Waals surface area (Å²) in [4.78, 5) is 39.7. The first kappa shape index (κ1) is 18.8. The molecule has 4 rings (SSSR count). The Bertz CT molecular complexity index is 930. The van der Waals surface area contributed by atoms with E-state index in [9.17, 15) is 19.5 Å². The number of hydrogen-bond acceptors (Lipinski definition) is 5. The minimum Gasteiger partial charge on any atom is -0.508 e. The maximum absolute atomic E-state index is 12.9. The molecule has 0 spiro atoms. The van der Waals surface area contributed by atoms with Gasteiger partial charge in [0.15, 0.2) is 0 Å². The van der Waals surface area contributed by atoms with Crippen molar-refractivity contribution >= 4 is 40.7 Å². The van der Waals surface area contributed by atoms with Gasteiger partial charge < -0.3 is 20.6 Å². The molecule has 3 heterocycles. The van der Waals surface area contributed by atoms with Gasteiger partial charge >= 0.3 is 0 Å². The molecule has 3 amide bonds. The molecule has 0 bridgehead atoms. The number of benzene rings is 1. The predicted molar refractivity (Wildman–Crippen MR) is 104 cm³/mol. The van der Waals surface area contributed by atoms with E-state index in [4.69, 9.17) is 11.6 Å². The second-order valence-electron chi connectivity index (χ2n) is 6.94. The molecular formula is C19H18ClN3O4S. The number of aromatic hydroxyl groups is 1. The van der Waals surface area contributed by atoms with E-state index < -0.39 is 12.1 Å². The molecule has 0 saturated carbocycles. The smallest absolute Gasteiger partial charge is 0.263 e. The monoisotopic (exact) mass is 419 g/mol. The number of phenols is 1. The third-order valence-electron chi connectivity index (χ3n) is 5.04. The molecule has 28 heavy (non-hydrogen) atoms. The van der Waals surface area contributed by atoms with Crippen molar-refractivity contribution < 1.29 is 19.5 Å². The highest BCUT2D eigenvalue weighted by molar-refractivity contribution is 7.12. The van der Waals surface area contributed by atoms with Crippen molar-refractivity contribution in [1.82, 2.24) is 15.5 Å². The third-order valence-corrected chi connectivity index (χ3v) is 6.38. The molecule has 146 valence electrons. The summed E-state index contributed by atoms with van der Waals surface area (Å²) in [5, 5.41) is 17.2. The molecule has 9 heteroatoms. The Morgan fingerprint density at radius 1 is 1.29 bits per heavy atom. The molecule has 0 unspecified atom stereocenters. The standard InChI is InChI=1S/C19H18ClN3O4S/c20-13-5-6-28-16(13)18(26)21-11-8-15-17(25)22-14(19(27)23(15)9-11)7-10-1-3-12(24)4-2-10/h1-6,11,14-15,24H,7-9H2,(H,21,26)(H,22,25)/t11-,14-,15-/m0/s1. The quantitative estimate of drug-likeness (QED) is 0.700. The van der Waals surface area contributed by atoms with Crippen LogP contribution in [0.1, 0.15) is 21.7 Å². The van der Waals surface area contributed by atoms with Crippen LogP contribution in [0.5, 0.6) is 5.75 Å². The molecule has 2 saturated heterocycles. The topological polar surface area (TPSA) is 98.7 Å². The van der Waals surface area contributed by atoms with Crippen molar-refractivity contribution in [2.24, 2.45) is 0 Å². The first-order valence-electron chi connectivity index (χ1n) is 8.85. The van der Waals surface area contributed by atoms with Crippen molar-refractivity contribution in [2.45, 2.75) is 31.0 Å². The molecule has 2 fully saturated rings. The van der Waals surface area contributed by atoms with Gasteiger partial charge in [-0.25, -0.2) is 0 Å². The van der Waals surface area contributed by atoms with E-state index in [-0.39, 0.29) is 36.1 Å². The second kappa shape index (κ2) is 7.44. The highest BCUT2D eigenvalue weighted by atomic mass is 35.5. The van der Waals surface area contributed by atoms with Crippen LogP contribution in [0.3, 0.4) is 0 Å². The molecule has 3 N–H and O–H groups in total. The number of nitrogens with one attached hydrogen (secondary N) is 2. The van der Waals surface area contributed by atoms with Crippen molar-refractivity contribution in [3.05, 3.63) is 51.2 Å². The summed E-state index contributed by atoms with van der Waals surface area (Å²) in [6, 6.07) is 6.65. The molecule has 2 aromatic rings. The van der Waals surface area contributed by atoms with Gasteiger partial charge in [-0.2, -0.15) is 0 Å². The lowest BCUT2D eigenvalue weighted by molar-refractivity contribution is -0.147. The predicted octanol–water partition coefficient (Wildman–Crippen LogP) is 1.55. The summed E-state index contributed by atoms with van der Waals surface area (Å²) in [7, 11) is 0. The fraction of sp³-hybridized carbons (Fsp3) is 0.316. The van der Waals surface area contributed by atoms with Crippen molar-refractivity contribution in [2.75, 3.05) is 6.54 Å². The van der Waals surface area contributed by atoms with E-state index in [0.717, 1.165) is 5.56 Å². The van der Waals surface area contributed by atoms with Gasteiger partial charge in [0, 0.05) is 19.0 Å².